The van der Waals surface area contributed by atoms with Crippen molar-refractivity contribution in [2.24, 2.45) is 0 Å². The number of rotatable bonds is 8. The summed E-state index contributed by atoms with van der Waals surface area (Å²) in [6.45, 7) is 0. The molecule has 0 spiro atoms. The van der Waals surface area contributed by atoms with Crippen molar-refractivity contribution in [1.82, 2.24) is 39.1 Å². The Morgan fingerprint density at radius 2 is 0.728 bits per heavy atom. The predicted molar refractivity (Wildman–Crippen MR) is 393 cm³/mol. The zero-order valence-corrected chi connectivity index (χ0v) is 65.8. The van der Waals surface area contributed by atoms with E-state index in [9.17, 15) is 12.6 Å². The minimum atomic E-state index is -3.47. The van der Waals surface area contributed by atoms with Crippen LogP contribution in [0.25, 0.3) is 132 Å². The molecular weight excluding hydrogens is 2050 g/mol. The van der Waals surface area contributed by atoms with Crippen LogP contribution in [0.3, 0.4) is 0 Å². The summed E-state index contributed by atoms with van der Waals surface area (Å²) >= 11 is 1.84. The predicted octanol–water partition coefficient (Wildman–Crippen LogP) is 19.6. The van der Waals surface area contributed by atoms with Crippen molar-refractivity contribution >= 4 is 74.1 Å². The fourth-order valence-corrected chi connectivity index (χ4v) is 16.9. The largest absolute Gasteiger partial charge is 0.456 e. The molecule has 6 aromatic heterocycles. The number of thiophene rings is 1. The Kier molecular flexibility index (Phi) is 21.6. The summed E-state index contributed by atoms with van der Waals surface area (Å²) in [7, 11) is -4.59. The third kappa shape index (κ3) is 14.2. The van der Waals surface area contributed by atoms with E-state index in [4.69, 9.17) is 4.42 Å². The number of hydrogen-bond acceptors (Lipinski definition) is 9. The number of sulfone groups is 1. The van der Waals surface area contributed by atoms with Gasteiger partial charge in [-0.1, -0.05) is 115 Å². The number of furan rings is 1. The number of aromatic nitrogens is 8. The summed E-state index contributed by atoms with van der Waals surface area (Å²) in [5.41, 5.74) is 17.2. The average molecular weight is 2100 g/mol. The van der Waals surface area contributed by atoms with E-state index in [0.29, 0.717) is 9.79 Å². The van der Waals surface area contributed by atoms with Crippen LogP contribution in [0.5, 0.6) is 0 Å². The van der Waals surface area contributed by atoms with Gasteiger partial charge in [0.1, 0.15) is 11.2 Å². The van der Waals surface area contributed by atoms with Gasteiger partial charge in [-0.3, -0.25) is 18.7 Å². The van der Waals surface area contributed by atoms with Crippen LogP contribution < -0.4 is 0 Å². The molecule has 19 heteroatoms. The van der Waals surface area contributed by atoms with E-state index in [1.165, 1.54) is 25.7 Å². The maximum absolute atomic E-state index is 12.9. The normalized spacial score (nSPS) is 12.4. The Morgan fingerprint density at radius 3 is 1.28 bits per heavy atom. The summed E-state index contributed by atoms with van der Waals surface area (Å²) in [5.74, 6) is 0. The molecule has 4 radical (unpaired) electrons. The molecule has 12 aromatic carbocycles. The van der Waals surface area contributed by atoms with Crippen LogP contribution in [0.1, 0.15) is 0 Å². The van der Waals surface area contributed by atoms with Crippen molar-refractivity contribution in [2.45, 2.75) is 19.6 Å². The topological polar surface area (TPSA) is 136 Å². The molecule has 0 amide bonds. The van der Waals surface area contributed by atoms with E-state index in [-0.39, 0.29) is 80.4 Å². The smallest absolute Gasteiger partial charge is 0.207 e. The fourth-order valence-electron chi connectivity index (χ4n) is 12.6. The van der Waals surface area contributed by atoms with E-state index in [2.05, 4.69) is 130 Å². The van der Waals surface area contributed by atoms with Crippen molar-refractivity contribution in [3.05, 3.63) is 341 Å². The van der Waals surface area contributed by atoms with Crippen LogP contribution >= 0.6 is 11.3 Å². The van der Waals surface area contributed by atoms with Gasteiger partial charge in [0.25, 0.3) is 0 Å². The second-order valence-corrected chi connectivity index (χ2v) is 27.9. The Balaban J connectivity index is 0.000000121. The minimum Gasteiger partial charge on any atom is -0.456 e. The van der Waals surface area contributed by atoms with Gasteiger partial charge in [0.05, 0.1) is 55.2 Å². The van der Waals surface area contributed by atoms with Gasteiger partial charge in [0, 0.05) is 170 Å². The number of nitrogens with zero attached hydrogens (tertiary/aromatic N) is 8. The molecule has 2 aliphatic heterocycles. The van der Waals surface area contributed by atoms with E-state index >= 15 is 0 Å². The molecule has 0 saturated heterocycles. The molecule has 1 unspecified atom stereocenters. The molecule has 103 heavy (non-hydrogen) atoms. The molecule has 12 nitrogen and oxygen atoms in total. The number of para-hydroxylation sites is 5. The first-order valence-corrected chi connectivity index (χ1v) is 35.2. The van der Waals surface area contributed by atoms with Gasteiger partial charge in [0.15, 0.2) is 0 Å². The standard InChI is InChI=1S/C21H13N2O2S.C21H13N2OS.C21H13N2O.C21H13N2S.4Ir/c24-26(25)20-9-5-4-8-18(20)19-11-10-15(12-21(19)26)16-13-22-23(14-16)17-6-2-1-3-7-17;24-25-20-9-5-4-8-18(20)19-11-10-15(12-21(19)25)16-13-22-23(14-16)17-6-2-1-3-7-17;2*1-2-6-17(7-3-1)23-14-16(13-22-23)15-10-11-19-18-8-4-5-9-20(18)24-21(19)12-15;;;;/h1-6,8-14H;1-6,8-14H;2*1-6,8-14H;;;;/q4*-1;;;;. The molecule has 1 atom stereocenters. The van der Waals surface area contributed by atoms with E-state index in [1.807, 2.05) is 228 Å². The van der Waals surface area contributed by atoms with Crippen molar-refractivity contribution < 1.29 is 97.5 Å². The van der Waals surface area contributed by atoms with Crippen molar-refractivity contribution in [2.75, 3.05) is 0 Å². The van der Waals surface area contributed by atoms with Gasteiger partial charge in [-0.05, 0) is 111 Å². The third-order valence-corrected chi connectivity index (χ3v) is 22.0. The zero-order valence-electron chi connectivity index (χ0n) is 53.8. The van der Waals surface area contributed by atoms with Gasteiger partial charge >= 0.3 is 0 Å². The molecule has 20 rings (SSSR count). The van der Waals surface area contributed by atoms with Gasteiger partial charge in [-0.25, -0.2) is 12.6 Å². The first-order chi connectivity index (χ1) is 48.7. The Morgan fingerprint density at radius 1 is 0.330 bits per heavy atom. The maximum atomic E-state index is 12.9. The number of benzene rings is 12. The van der Waals surface area contributed by atoms with Crippen LogP contribution in [0.15, 0.2) is 340 Å². The van der Waals surface area contributed by atoms with Crippen molar-refractivity contribution in [3.8, 4) is 89.5 Å². The number of fused-ring (bicyclic) bond motifs is 12. The fraction of sp³-hybridized carbons (Fsp3) is 0. The zero-order chi connectivity index (χ0) is 66.4. The minimum absolute atomic E-state index is 0. The Hall–Kier alpha value is -9.80. The van der Waals surface area contributed by atoms with E-state index in [0.717, 1.165) is 116 Å². The molecule has 0 bridgehead atoms. The first kappa shape index (κ1) is 71.6. The summed E-state index contributed by atoms with van der Waals surface area (Å²) in [4.78, 5) is 2.50. The summed E-state index contributed by atoms with van der Waals surface area (Å²) in [6, 6.07) is 100.0. The SMILES string of the molecule is O=S1(=O)c2ccccc2-c2ccc(-c3cnn(-c4[c-]cccc4)c3)cc21.O=S1c2ccccc2-c2ccc(-c3cnn(-c4[c-]cccc4)c3)cc21.[Ir].[Ir].[Ir].[Ir].[c-]1ccccc1-n1cc(-c2ccc3c(c2)oc2ccccc23)cn1.[c-]1ccccc1-n1cc(-c2ccc3c(c2)sc2ccccc23)cn1. The molecule has 0 N–H and O–H groups in total. The number of hydrogen-bond donors (Lipinski definition) is 0. The van der Waals surface area contributed by atoms with Crippen LogP contribution in [-0.4, -0.2) is 51.7 Å². The summed E-state index contributed by atoms with van der Waals surface area (Å²) in [5, 5.41) is 22.6. The molecular formula is C84H52Ir4N8O4S3-4. The summed E-state index contributed by atoms with van der Waals surface area (Å²) in [6.07, 6.45) is 15.3. The second kappa shape index (κ2) is 31.0. The van der Waals surface area contributed by atoms with Gasteiger partial charge < -0.3 is 4.42 Å². The van der Waals surface area contributed by atoms with Crippen molar-refractivity contribution in [3.63, 3.8) is 0 Å². The molecule has 8 heterocycles. The molecule has 18 aromatic rings. The Labute approximate surface area is 654 Å². The summed E-state index contributed by atoms with van der Waals surface area (Å²) < 4.78 is 54.3. The van der Waals surface area contributed by atoms with Crippen molar-refractivity contribution in [1.29, 1.82) is 0 Å². The molecule has 0 aliphatic carbocycles. The van der Waals surface area contributed by atoms with Gasteiger partial charge in [-0.15, -0.1) is 35.6 Å². The van der Waals surface area contributed by atoms with Crippen LogP contribution in [-0.2, 0) is 101 Å². The van der Waals surface area contributed by atoms with E-state index < -0.39 is 20.6 Å². The first-order valence-electron chi connectivity index (χ1n) is 31.8. The average Bonchev–Trinajstić information content (AvgIpc) is 1.58. The third-order valence-electron chi connectivity index (χ3n) is 17.5. The maximum Gasteiger partial charge on any atom is 0.207 e. The van der Waals surface area contributed by atoms with E-state index in [1.54, 1.807) is 33.8 Å². The van der Waals surface area contributed by atoms with Crippen LogP contribution in [0, 0.1) is 24.3 Å². The van der Waals surface area contributed by atoms with Gasteiger partial charge in [0.2, 0.25) is 9.84 Å². The second-order valence-electron chi connectivity index (χ2n) is 23.5. The van der Waals surface area contributed by atoms with Crippen LogP contribution in [0.2, 0.25) is 0 Å². The van der Waals surface area contributed by atoms with Crippen LogP contribution in [0.4, 0.5) is 0 Å². The molecule has 510 valence electrons. The monoisotopic (exact) mass is 2100 g/mol. The van der Waals surface area contributed by atoms with Gasteiger partial charge in [-0.2, -0.15) is 117 Å². The molecule has 0 fully saturated rings. The molecule has 2 aliphatic rings. The quantitative estimate of drug-likeness (QED) is 0.137. The molecule has 0 saturated carbocycles. The Bertz CT molecular complexity index is 6010.